The SMILES string of the molecule is C=CCn1c(COc2cc(C)c(Cl)c(C)c2)nnc1SCc1csc(-c2ccc3c(c2)OCO3)n1. The zero-order valence-electron chi connectivity index (χ0n) is 19.3. The Labute approximate surface area is 216 Å². The van der Waals surface area contributed by atoms with Crippen LogP contribution >= 0.6 is 34.7 Å². The lowest BCUT2D eigenvalue weighted by Gasteiger charge is -2.11. The molecule has 0 unspecified atom stereocenters. The van der Waals surface area contributed by atoms with E-state index in [2.05, 4.69) is 22.2 Å². The Kier molecular flexibility index (Phi) is 6.99. The minimum Gasteiger partial charge on any atom is -0.486 e. The van der Waals surface area contributed by atoms with E-state index in [4.69, 9.17) is 30.8 Å². The maximum absolute atomic E-state index is 6.27. The predicted octanol–water partition coefficient (Wildman–Crippen LogP) is 6.46. The first kappa shape index (κ1) is 23.7. The summed E-state index contributed by atoms with van der Waals surface area (Å²) in [5, 5.41) is 13.3. The molecule has 180 valence electrons. The van der Waals surface area contributed by atoms with Crippen molar-refractivity contribution in [2.45, 2.75) is 37.9 Å². The molecule has 0 saturated carbocycles. The lowest BCUT2D eigenvalue weighted by molar-refractivity contribution is 0.174. The molecule has 2 aromatic carbocycles. The molecule has 0 N–H and O–H groups in total. The number of halogens is 1. The molecule has 1 aliphatic rings. The molecule has 2 aromatic heterocycles. The number of fused-ring (bicyclic) bond motifs is 1. The monoisotopic (exact) mass is 526 g/mol. The highest BCUT2D eigenvalue weighted by atomic mass is 35.5. The zero-order chi connectivity index (χ0) is 24.4. The van der Waals surface area contributed by atoms with Gasteiger partial charge in [0.05, 0.1) is 5.69 Å². The van der Waals surface area contributed by atoms with Gasteiger partial charge < -0.3 is 14.2 Å². The van der Waals surface area contributed by atoms with Gasteiger partial charge in [-0.25, -0.2) is 4.98 Å². The van der Waals surface area contributed by atoms with Crippen LogP contribution in [0, 0.1) is 13.8 Å². The van der Waals surface area contributed by atoms with Crippen LogP contribution in [0.1, 0.15) is 22.6 Å². The molecule has 4 aromatic rings. The highest BCUT2D eigenvalue weighted by molar-refractivity contribution is 7.98. The molecule has 10 heteroatoms. The summed E-state index contributed by atoms with van der Waals surface area (Å²) < 4.78 is 18.9. The Morgan fingerprint density at radius 3 is 2.77 bits per heavy atom. The van der Waals surface area contributed by atoms with Crippen LogP contribution in [0.4, 0.5) is 0 Å². The molecule has 0 saturated heterocycles. The van der Waals surface area contributed by atoms with E-state index in [1.165, 1.54) is 0 Å². The van der Waals surface area contributed by atoms with Gasteiger partial charge in [0, 0.05) is 28.3 Å². The van der Waals surface area contributed by atoms with Gasteiger partial charge in [-0.15, -0.1) is 28.1 Å². The van der Waals surface area contributed by atoms with Crippen molar-refractivity contribution >= 4 is 34.7 Å². The summed E-state index contributed by atoms with van der Waals surface area (Å²) in [5.74, 6) is 3.68. The first-order chi connectivity index (χ1) is 17.0. The number of rotatable bonds is 9. The van der Waals surface area contributed by atoms with E-state index in [0.29, 0.717) is 18.9 Å². The third-order valence-corrected chi connectivity index (χ3v) is 7.94. The molecular weight excluding hydrogens is 504 g/mol. The van der Waals surface area contributed by atoms with Gasteiger partial charge in [-0.1, -0.05) is 29.4 Å². The van der Waals surface area contributed by atoms with Gasteiger partial charge in [0.2, 0.25) is 6.79 Å². The average molecular weight is 527 g/mol. The van der Waals surface area contributed by atoms with Crippen LogP contribution < -0.4 is 14.2 Å². The molecule has 0 spiro atoms. The first-order valence-electron chi connectivity index (χ1n) is 10.9. The van der Waals surface area contributed by atoms with Gasteiger partial charge >= 0.3 is 0 Å². The number of nitrogens with zero attached hydrogens (tertiary/aromatic N) is 4. The number of aryl methyl sites for hydroxylation is 2. The van der Waals surface area contributed by atoms with Crippen molar-refractivity contribution in [2.24, 2.45) is 0 Å². The number of allylic oxidation sites excluding steroid dienone is 1. The van der Waals surface area contributed by atoms with E-state index in [1.807, 2.05) is 54.8 Å². The van der Waals surface area contributed by atoms with Gasteiger partial charge in [-0.3, -0.25) is 4.57 Å². The van der Waals surface area contributed by atoms with E-state index in [-0.39, 0.29) is 6.79 Å². The molecule has 35 heavy (non-hydrogen) atoms. The van der Waals surface area contributed by atoms with Gasteiger partial charge in [-0.05, 0) is 55.3 Å². The van der Waals surface area contributed by atoms with E-state index < -0.39 is 0 Å². The van der Waals surface area contributed by atoms with Crippen molar-refractivity contribution in [3.8, 4) is 27.8 Å². The molecule has 0 aliphatic carbocycles. The third-order valence-electron chi connectivity index (χ3n) is 5.40. The minimum atomic E-state index is 0.260. The fourth-order valence-corrected chi connectivity index (χ4v) is 5.55. The number of aromatic nitrogens is 4. The van der Waals surface area contributed by atoms with Crippen LogP contribution in [0.3, 0.4) is 0 Å². The predicted molar refractivity (Wildman–Crippen MR) is 139 cm³/mol. The lowest BCUT2D eigenvalue weighted by Crippen LogP contribution is -2.07. The van der Waals surface area contributed by atoms with E-state index in [9.17, 15) is 0 Å². The summed E-state index contributed by atoms with van der Waals surface area (Å²) in [4.78, 5) is 4.79. The van der Waals surface area contributed by atoms with Crippen molar-refractivity contribution < 1.29 is 14.2 Å². The molecule has 0 bridgehead atoms. The second-order valence-electron chi connectivity index (χ2n) is 7.96. The fraction of sp³-hybridized carbons (Fsp3) is 0.240. The lowest BCUT2D eigenvalue weighted by atomic mass is 10.1. The summed E-state index contributed by atoms with van der Waals surface area (Å²) >= 11 is 9.46. The van der Waals surface area contributed by atoms with Crippen molar-refractivity contribution in [3.05, 3.63) is 76.0 Å². The largest absolute Gasteiger partial charge is 0.486 e. The summed E-state index contributed by atoms with van der Waals surface area (Å²) in [5.41, 5.74) is 3.95. The molecule has 3 heterocycles. The molecule has 0 amide bonds. The molecule has 5 rings (SSSR count). The number of benzene rings is 2. The maximum Gasteiger partial charge on any atom is 0.231 e. The molecule has 1 aliphatic heterocycles. The Hall–Kier alpha value is -3.01. The van der Waals surface area contributed by atoms with Crippen LogP contribution in [-0.4, -0.2) is 26.5 Å². The highest BCUT2D eigenvalue weighted by Gasteiger charge is 2.17. The Balaban J connectivity index is 1.26. The fourth-order valence-electron chi connectivity index (χ4n) is 3.66. The number of thiazole rings is 1. The topological polar surface area (TPSA) is 71.3 Å². The van der Waals surface area contributed by atoms with Crippen molar-refractivity contribution in [2.75, 3.05) is 6.79 Å². The van der Waals surface area contributed by atoms with Crippen molar-refractivity contribution in [3.63, 3.8) is 0 Å². The Morgan fingerprint density at radius 1 is 1.17 bits per heavy atom. The van der Waals surface area contributed by atoms with E-state index in [1.54, 1.807) is 23.1 Å². The third kappa shape index (κ3) is 5.17. The van der Waals surface area contributed by atoms with Gasteiger partial charge in [0.15, 0.2) is 22.5 Å². The smallest absolute Gasteiger partial charge is 0.231 e. The molecule has 7 nitrogen and oxygen atoms in total. The normalized spacial score (nSPS) is 12.2. The van der Waals surface area contributed by atoms with E-state index in [0.717, 1.165) is 60.6 Å². The standard InChI is InChI=1S/C25H23ClN4O3S2/c1-4-7-30-22(11-31-19-8-15(2)23(26)16(3)9-19)28-29-25(30)35-13-18-12-34-24(27-18)17-5-6-20-21(10-17)33-14-32-20/h4-6,8-10,12H,1,7,11,13-14H2,2-3H3. The van der Waals surface area contributed by atoms with Crippen molar-refractivity contribution in [1.29, 1.82) is 0 Å². The highest BCUT2D eigenvalue weighted by Crippen LogP contribution is 2.37. The number of hydrogen-bond donors (Lipinski definition) is 0. The summed E-state index contributed by atoms with van der Waals surface area (Å²) in [6.07, 6.45) is 1.83. The van der Waals surface area contributed by atoms with Crippen LogP contribution in [0.15, 0.2) is 53.5 Å². The number of ether oxygens (including phenoxy) is 3. The van der Waals surface area contributed by atoms with E-state index >= 15 is 0 Å². The molecular formula is C25H23ClN4O3S2. The van der Waals surface area contributed by atoms with Crippen LogP contribution in [0.2, 0.25) is 5.02 Å². The van der Waals surface area contributed by atoms with Crippen molar-refractivity contribution in [1.82, 2.24) is 19.7 Å². The Morgan fingerprint density at radius 2 is 1.97 bits per heavy atom. The quantitative estimate of drug-likeness (QED) is 0.183. The summed E-state index contributed by atoms with van der Waals surface area (Å²) in [7, 11) is 0. The molecule has 0 atom stereocenters. The van der Waals surface area contributed by atoms with Gasteiger partial charge in [0.1, 0.15) is 17.4 Å². The molecule has 0 fully saturated rings. The number of thioether (sulfide) groups is 1. The first-order valence-corrected chi connectivity index (χ1v) is 13.2. The number of hydrogen-bond acceptors (Lipinski definition) is 8. The van der Waals surface area contributed by atoms with Gasteiger partial charge in [0.25, 0.3) is 0 Å². The van der Waals surface area contributed by atoms with Crippen LogP contribution in [-0.2, 0) is 18.9 Å². The van der Waals surface area contributed by atoms with Gasteiger partial charge in [-0.2, -0.15) is 0 Å². The average Bonchev–Trinajstić information content (AvgIpc) is 3.59. The Bertz CT molecular complexity index is 1360. The minimum absolute atomic E-state index is 0.260. The second kappa shape index (κ2) is 10.3. The summed E-state index contributed by atoms with van der Waals surface area (Å²) in [6.45, 7) is 8.96. The summed E-state index contributed by atoms with van der Waals surface area (Å²) in [6, 6.07) is 9.74. The molecule has 0 radical (unpaired) electrons. The maximum atomic E-state index is 6.27. The zero-order valence-corrected chi connectivity index (χ0v) is 21.7. The van der Waals surface area contributed by atoms with Crippen LogP contribution in [0.25, 0.3) is 10.6 Å². The van der Waals surface area contributed by atoms with Crippen LogP contribution in [0.5, 0.6) is 17.2 Å². The second-order valence-corrected chi connectivity index (χ2v) is 10.1.